The molecule has 0 spiro atoms. The van der Waals surface area contributed by atoms with Crippen LogP contribution in [0.2, 0.25) is 4.47 Å². The van der Waals surface area contributed by atoms with Gasteiger partial charge in [0.1, 0.15) is 0 Å². The third kappa shape index (κ3) is 3.81. The summed E-state index contributed by atoms with van der Waals surface area (Å²) >= 11 is 6.32. The van der Waals surface area contributed by atoms with E-state index in [-0.39, 0.29) is 15.2 Å². The second kappa shape index (κ2) is 5.63. The minimum atomic E-state index is -4.85. The number of halogens is 4. The standard InChI is InChI=1S/C10H5ClF3N3O2S/c11-9-17-16-8(20-9)7(18)15-5-3-1-2-4-6(5)19-10(12,13)14/h1-4H,(H,15,18). The maximum atomic E-state index is 12.2. The lowest BCUT2D eigenvalue weighted by Crippen LogP contribution is -2.19. The number of carbonyl (C=O) groups excluding carboxylic acids is 1. The highest BCUT2D eigenvalue weighted by molar-refractivity contribution is 7.17. The molecule has 106 valence electrons. The molecule has 0 aliphatic rings. The second-order valence-electron chi connectivity index (χ2n) is 3.36. The van der Waals surface area contributed by atoms with Crippen molar-refractivity contribution in [3.05, 3.63) is 33.7 Å². The van der Waals surface area contributed by atoms with Gasteiger partial charge < -0.3 is 10.1 Å². The van der Waals surface area contributed by atoms with Crippen LogP contribution in [0.1, 0.15) is 9.80 Å². The molecule has 1 N–H and O–H groups in total. The number of anilines is 1. The van der Waals surface area contributed by atoms with Gasteiger partial charge in [0, 0.05) is 0 Å². The first kappa shape index (κ1) is 14.5. The van der Waals surface area contributed by atoms with Crippen molar-refractivity contribution >= 4 is 34.5 Å². The molecule has 0 unspecified atom stereocenters. The molecule has 0 aliphatic carbocycles. The molecule has 0 radical (unpaired) electrons. The highest BCUT2D eigenvalue weighted by atomic mass is 35.5. The van der Waals surface area contributed by atoms with Crippen LogP contribution in [0.3, 0.4) is 0 Å². The van der Waals surface area contributed by atoms with E-state index in [0.717, 1.165) is 17.4 Å². The van der Waals surface area contributed by atoms with Gasteiger partial charge in [0.05, 0.1) is 5.69 Å². The van der Waals surface area contributed by atoms with E-state index in [2.05, 4.69) is 20.3 Å². The number of rotatable bonds is 3. The summed E-state index contributed by atoms with van der Waals surface area (Å²) < 4.78 is 40.5. The molecule has 1 heterocycles. The Morgan fingerprint density at radius 1 is 1.30 bits per heavy atom. The van der Waals surface area contributed by atoms with Crippen LogP contribution < -0.4 is 10.1 Å². The van der Waals surface area contributed by atoms with Crippen molar-refractivity contribution in [3.63, 3.8) is 0 Å². The van der Waals surface area contributed by atoms with Crippen molar-refractivity contribution in [3.8, 4) is 5.75 Å². The highest BCUT2D eigenvalue weighted by Crippen LogP contribution is 2.30. The van der Waals surface area contributed by atoms with Crippen molar-refractivity contribution in [2.75, 3.05) is 5.32 Å². The SMILES string of the molecule is O=C(Nc1ccccc1OC(F)(F)F)c1nnc(Cl)s1. The zero-order valence-electron chi connectivity index (χ0n) is 9.44. The van der Waals surface area contributed by atoms with Crippen molar-refractivity contribution in [2.24, 2.45) is 0 Å². The molecule has 0 bridgehead atoms. The van der Waals surface area contributed by atoms with Crippen LogP contribution in [0.5, 0.6) is 5.75 Å². The average molecular weight is 324 g/mol. The largest absolute Gasteiger partial charge is 0.573 e. The number of aromatic nitrogens is 2. The third-order valence-corrected chi connectivity index (χ3v) is 2.97. The van der Waals surface area contributed by atoms with Gasteiger partial charge in [-0.2, -0.15) is 0 Å². The predicted octanol–water partition coefficient (Wildman–Crippen LogP) is 3.34. The van der Waals surface area contributed by atoms with Crippen molar-refractivity contribution in [2.45, 2.75) is 6.36 Å². The Bertz CT molecular complexity index is 632. The molecule has 2 aromatic rings. The number of amides is 1. The number of benzene rings is 1. The fourth-order valence-electron chi connectivity index (χ4n) is 1.26. The van der Waals surface area contributed by atoms with Gasteiger partial charge in [-0.25, -0.2) is 0 Å². The Hall–Kier alpha value is -1.87. The smallest absolute Gasteiger partial charge is 0.404 e. The fraction of sp³-hybridized carbons (Fsp3) is 0.100. The third-order valence-electron chi connectivity index (χ3n) is 1.96. The fourth-order valence-corrected chi connectivity index (χ4v) is 1.98. The number of hydrogen-bond acceptors (Lipinski definition) is 5. The molecular weight excluding hydrogens is 319 g/mol. The summed E-state index contributed by atoms with van der Waals surface area (Å²) in [6.07, 6.45) is -4.85. The minimum Gasteiger partial charge on any atom is -0.404 e. The number of nitrogens with one attached hydrogen (secondary N) is 1. The van der Waals surface area contributed by atoms with E-state index >= 15 is 0 Å². The molecule has 20 heavy (non-hydrogen) atoms. The molecule has 0 fully saturated rings. The zero-order chi connectivity index (χ0) is 14.8. The molecule has 0 saturated heterocycles. The Balaban J connectivity index is 2.19. The van der Waals surface area contributed by atoms with Crippen LogP contribution in [0.4, 0.5) is 18.9 Å². The van der Waals surface area contributed by atoms with Crippen molar-refractivity contribution < 1.29 is 22.7 Å². The first-order valence-electron chi connectivity index (χ1n) is 5.00. The Labute approximate surface area is 119 Å². The van der Waals surface area contributed by atoms with Gasteiger partial charge in [0.25, 0.3) is 5.91 Å². The number of alkyl halides is 3. The van der Waals surface area contributed by atoms with E-state index in [1.54, 1.807) is 0 Å². The zero-order valence-corrected chi connectivity index (χ0v) is 11.0. The van der Waals surface area contributed by atoms with Gasteiger partial charge in [-0.3, -0.25) is 4.79 Å². The summed E-state index contributed by atoms with van der Waals surface area (Å²) in [4.78, 5) is 11.7. The van der Waals surface area contributed by atoms with E-state index < -0.39 is 18.0 Å². The molecule has 1 aromatic carbocycles. The van der Waals surface area contributed by atoms with E-state index in [9.17, 15) is 18.0 Å². The lowest BCUT2D eigenvalue weighted by atomic mass is 10.3. The van der Waals surface area contributed by atoms with Crippen LogP contribution in [0.15, 0.2) is 24.3 Å². The number of ether oxygens (including phenoxy) is 1. The summed E-state index contributed by atoms with van der Waals surface area (Å²) in [6, 6.07) is 5.14. The van der Waals surface area contributed by atoms with Gasteiger partial charge in [-0.1, -0.05) is 23.5 Å². The molecule has 5 nitrogen and oxygen atoms in total. The van der Waals surface area contributed by atoms with Crippen molar-refractivity contribution in [1.82, 2.24) is 10.2 Å². The second-order valence-corrected chi connectivity index (χ2v) is 4.92. The number of hydrogen-bond donors (Lipinski definition) is 1. The first-order chi connectivity index (χ1) is 9.35. The maximum Gasteiger partial charge on any atom is 0.573 e. The van der Waals surface area contributed by atoms with Crippen LogP contribution >= 0.6 is 22.9 Å². The average Bonchev–Trinajstić information content (AvgIpc) is 2.77. The summed E-state index contributed by atoms with van der Waals surface area (Å²) in [5, 5.41) is 9.08. The topological polar surface area (TPSA) is 64.1 Å². The highest BCUT2D eigenvalue weighted by Gasteiger charge is 2.32. The number of carbonyl (C=O) groups is 1. The Kier molecular flexibility index (Phi) is 4.09. The summed E-state index contributed by atoms with van der Waals surface area (Å²) in [6.45, 7) is 0. The lowest BCUT2D eigenvalue weighted by molar-refractivity contribution is -0.274. The van der Waals surface area contributed by atoms with Gasteiger partial charge >= 0.3 is 6.36 Å². The maximum absolute atomic E-state index is 12.2. The van der Waals surface area contributed by atoms with Crippen LogP contribution in [0, 0.1) is 0 Å². The van der Waals surface area contributed by atoms with E-state index in [1.165, 1.54) is 18.2 Å². The van der Waals surface area contributed by atoms with Crippen LogP contribution in [-0.2, 0) is 0 Å². The monoisotopic (exact) mass is 323 g/mol. The normalized spacial score (nSPS) is 11.2. The van der Waals surface area contributed by atoms with E-state index in [1.807, 2.05) is 0 Å². The minimum absolute atomic E-state index is 0.0509. The van der Waals surface area contributed by atoms with Gasteiger partial charge in [-0.05, 0) is 23.7 Å². The Morgan fingerprint density at radius 3 is 2.60 bits per heavy atom. The number of para-hydroxylation sites is 2. The van der Waals surface area contributed by atoms with Crippen molar-refractivity contribution in [1.29, 1.82) is 0 Å². The Morgan fingerprint density at radius 2 is 2.00 bits per heavy atom. The molecule has 0 atom stereocenters. The molecule has 0 saturated carbocycles. The summed E-state index contributed by atoms with van der Waals surface area (Å²) in [5.41, 5.74) is -0.138. The molecule has 0 aliphatic heterocycles. The molecule has 2 rings (SSSR count). The number of nitrogens with zero attached hydrogens (tertiary/aromatic N) is 2. The van der Waals surface area contributed by atoms with Gasteiger partial charge in [0.2, 0.25) is 9.47 Å². The molecule has 1 amide bonds. The molecule has 1 aromatic heterocycles. The first-order valence-corrected chi connectivity index (χ1v) is 6.20. The summed E-state index contributed by atoms with van der Waals surface area (Å²) in [7, 11) is 0. The quantitative estimate of drug-likeness (QED) is 0.941. The molecule has 10 heteroatoms. The predicted molar refractivity (Wildman–Crippen MR) is 66.0 cm³/mol. The van der Waals surface area contributed by atoms with Crippen LogP contribution in [0.25, 0.3) is 0 Å². The van der Waals surface area contributed by atoms with Crippen LogP contribution in [-0.4, -0.2) is 22.5 Å². The lowest BCUT2D eigenvalue weighted by Gasteiger charge is -2.13. The van der Waals surface area contributed by atoms with Gasteiger partial charge in [0.15, 0.2) is 5.75 Å². The van der Waals surface area contributed by atoms with E-state index in [0.29, 0.717) is 0 Å². The summed E-state index contributed by atoms with van der Waals surface area (Å²) in [5.74, 6) is -1.25. The molecular formula is C10H5ClF3N3O2S. The van der Waals surface area contributed by atoms with Gasteiger partial charge in [-0.15, -0.1) is 23.4 Å². The van der Waals surface area contributed by atoms with E-state index in [4.69, 9.17) is 11.6 Å².